The molecule has 0 spiro atoms. The van der Waals surface area contributed by atoms with Crippen LogP contribution in [0, 0.1) is 0 Å². The van der Waals surface area contributed by atoms with Gasteiger partial charge in [-0.2, -0.15) is 23.5 Å². The van der Waals surface area contributed by atoms with E-state index in [4.69, 9.17) is 11.5 Å². The van der Waals surface area contributed by atoms with E-state index in [1.165, 1.54) is 23.5 Å². The van der Waals surface area contributed by atoms with E-state index in [-0.39, 0.29) is 12.8 Å². The monoisotopic (exact) mass is 580 g/mol. The lowest BCUT2D eigenvalue weighted by molar-refractivity contribution is -0.142. The van der Waals surface area contributed by atoms with Gasteiger partial charge in [0, 0.05) is 23.5 Å². The maximum Gasteiger partial charge on any atom is 0.326 e. The summed E-state index contributed by atoms with van der Waals surface area (Å²) in [6, 6.07) is 2.78. The van der Waals surface area contributed by atoms with Crippen molar-refractivity contribution >= 4 is 64.0 Å². The summed E-state index contributed by atoms with van der Waals surface area (Å²) in [7, 11) is 0. The number of nitrogens with two attached hydrogens (primary N) is 2. The normalized spacial score (nSPS) is 14.1. The van der Waals surface area contributed by atoms with E-state index in [9.17, 15) is 29.1 Å². The number of hydrogen-bond donors (Lipinski definition) is 7. The number of aromatic nitrogens is 1. The Labute approximate surface area is 235 Å². The Morgan fingerprint density at radius 2 is 1.49 bits per heavy atom. The largest absolute Gasteiger partial charge is 0.480 e. The number of carboxylic acids is 1. The third-order valence-corrected chi connectivity index (χ3v) is 7.25. The minimum atomic E-state index is -1.45. The molecule has 9 N–H and O–H groups in total. The van der Waals surface area contributed by atoms with Gasteiger partial charge in [0.15, 0.2) is 0 Å². The van der Waals surface area contributed by atoms with Gasteiger partial charge in [0.25, 0.3) is 0 Å². The molecule has 214 valence electrons. The Morgan fingerprint density at radius 1 is 0.897 bits per heavy atom. The van der Waals surface area contributed by atoms with Gasteiger partial charge in [-0.25, -0.2) is 4.79 Å². The lowest BCUT2D eigenvalue weighted by Gasteiger charge is -2.25. The van der Waals surface area contributed by atoms with Crippen molar-refractivity contribution in [2.45, 2.75) is 49.9 Å². The van der Waals surface area contributed by atoms with E-state index < -0.39 is 60.2 Å². The summed E-state index contributed by atoms with van der Waals surface area (Å²) in [6.45, 7) is 0. The number of H-pyrrole nitrogens is 1. The second-order valence-electron chi connectivity index (χ2n) is 8.93. The van der Waals surface area contributed by atoms with Crippen molar-refractivity contribution in [2.24, 2.45) is 11.5 Å². The lowest BCUT2D eigenvalue weighted by Crippen LogP contribution is -2.58. The molecular weight excluding hydrogens is 544 g/mol. The van der Waals surface area contributed by atoms with Crippen molar-refractivity contribution in [3.05, 3.63) is 36.0 Å². The Bertz CT molecular complexity index is 1160. The molecule has 2 rings (SSSR count). The predicted molar refractivity (Wildman–Crippen MR) is 153 cm³/mol. The number of fused-ring (bicyclic) bond motifs is 1. The van der Waals surface area contributed by atoms with Crippen LogP contribution in [0.5, 0.6) is 0 Å². The zero-order valence-electron chi connectivity index (χ0n) is 21.9. The standard InChI is InChI=1S/C25H36N6O6S2/c1-38-9-7-16(26)22(33)30-19(11-14-13-28-17-6-4-3-5-15(14)17)23(34)31-20(12-21(27)32)24(35)29-18(25(36)37)8-10-39-2/h3-6,13,16,18-20,28H,7-12,26H2,1-2H3,(H2,27,32)(H,29,35)(H,30,33)(H,31,34)(H,36,37). The van der Waals surface area contributed by atoms with Crippen LogP contribution in [-0.2, 0) is 30.4 Å². The van der Waals surface area contributed by atoms with Crippen molar-refractivity contribution < 1.29 is 29.1 Å². The van der Waals surface area contributed by atoms with Crippen molar-refractivity contribution in [3.8, 4) is 0 Å². The first-order valence-electron chi connectivity index (χ1n) is 12.3. The van der Waals surface area contributed by atoms with E-state index in [0.717, 1.165) is 16.5 Å². The minimum Gasteiger partial charge on any atom is -0.480 e. The number of carbonyl (C=O) groups is 5. The molecule has 39 heavy (non-hydrogen) atoms. The zero-order chi connectivity index (χ0) is 28.9. The number of primary amides is 1. The average molecular weight is 581 g/mol. The fourth-order valence-electron chi connectivity index (χ4n) is 3.83. The third kappa shape index (κ3) is 10.1. The van der Waals surface area contributed by atoms with E-state index in [1.54, 1.807) is 12.5 Å². The second-order valence-corrected chi connectivity index (χ2v) is 10.9. The first kappa shape index (κ1) is 32.0. The Kier molecular flexibility index (Phi) is 13.1. The molecule has 0 aliphatic carbocycles. The lowest BCUT2D eigenvalue weighted by atomic mass is 10.0. The van der Waals surface area contributed by atoms with Crippen LogP contribution in [0.3, 0.4) is 0 Å². The molecule has 1 aromatic heterocycles. The van der Waals surface area contributed by atoms with Crippen LogP contribution in [0.25, 0.3) is 10.9 Å². The van der Waals surface area contributed by atoms with E-state index >= 15 is 0 Å². The molecular formula is C25H36N6O6S2. The summed E-state index contributed by atoms with van der Waals surface area (Å²) in [4.78, 5) is 65.6. The number of aromatic amines is 1. The maximum atomic E-state index is 13.4. The molecule has 0 radical (unpaired) electrons. The van der Waals surface area contributed by atoms with Crippen molar-refractivity contribution in [1.29, 1.82) is 0 Å². The van der Waals surface area contributed by atoms with Gasteiger partial charge < -0.3 is 37.5 Å². The van der Waals surface area contributed by atoms with Crippen LogP contribution >= 0.6 is 23.5 Å². The smallest absolute Gasteiger partial charge is 0.326 e. The van der Waals surface area contributed by atoms with Gasteiger partial charge in [-0.05, 0) is 48.5 Å². The summed E-state index contributed by atoms with van der Waals surface area (Å²) in [5, 5.41) is 17.8. The molecule has 4 unspecified atom stereocenters. The quantitative estimate of drug-likeness (QED) is 0.134. The third-order valence-electron chi connectivity index (χ3n) is 5.97. The molecule has 4 atom stereocenters. The van der Waals surface area contributed by atoms with E-state index in [0.29, 0.717) is 17.9 Å². The second kappa shape index (κ2) is 16.0. The van der Waals surface area contributed by atoms with Gasteiger partial charge in [0.2, 0.25) is 23.6 Å². The number of carboxylic acid groups (broad SMARTS) is 1. The van der Waals surface area contributed by atoms with Crippen LogP contribution in [0.15, 0.2) is 30.5 Å². The SMILES string of the molecule is CSCCC(N)C(=O)NC(Cc1c[nH]c2ccccc12)C(=O)NC(CC(N)=O)C(=O)NC(CCSC)C(=O)O. The summed E-state index contributed by atoms with van der Waals surface area (Å²) in [6.07, 6.45) is 5.45. The van der Waals surface area contributed by atoms with Gasteiger partial charge in [-0.3, -0.25) is 19.2 Å². The number of thioether (sulfide) groups is 2. The van der Waals surface area contributed by atoms with Gasteiger partial charge in [0.1, 0.15) is 18.1 Å². The highest BCUT2D eigenvalue weighted by molar-refractivity contribution is 7.98. The summed E-state index contributed by atoms with van der Waals surface area (Å²) in [5.74, 6) is -3.15. The molecule has 1 aromatic carbocycles. The molecule has 0 bridgehead atoms. The number of hydrogen-bond acceptors (Lipinski definition) is 8. The molecule has 0 aliphatic rings. The summed E-state index contributed by atoms with van der Waals surface area (Å²) >= 11 is 2.94. The van der Waals surface area contributed by atoms with Gasteiger partial charge >= 0.3 is 5.97 Å². The van der Waals surface area contributed by atoms with Crippen molar-refractivity contribution in [3.63, 3.8) is 0 Å². The van der Waals surface area contributed by atoms with E-state index in [1.807, 2.05) is 30.5 Å². The Balaban J connectivity index is 2.28. The number of aliphatic carboxylic acids is 1. The molecule has 4 amide bonds. The number of para-hydroxylation sites is 1. The summed E-state index contributed by atoms with van der Waals surface area (Å²) < 4.78 is 0. The first-order chi connectivity index (χ1) is 18.6. The van der Waals surface area contributed by atoms with Crippen LogP contribution in [0.1, 0.15) is 24.8 Å². The first-order valence-corrected chi connectivity index (χ1v) is 15.1. The molecule has 0 saturated carbocycles. The average Bonchev–Trinajstić information content (AvgIpc) is 3.30. The van der Waals surface area contributed by atoms with Crippen LogP contribution in [0.4, 0.5) is 0 Å². The van der Waals surface area contributed by atoms with Crippen molar-refractivity contribution in [2.75, 3.05) is 24.0 Å². The molecule has 2 aromatic rings. The Hall–Kier alpha value is -3.23. The van der Waals surface area contributed by atoms with Gasteiger partial charge in [0.05, 0.1) is 12.5 Å². The highest BCUT2D eigenvalue weighted by Crippen LogP contribution is 2.19. The maximum absolute atomic E-state index is 13.4. The van der Waals surface area contributed by atoms with Crippen molar-refractivity contribution in [1.82, 2.24) is 20.9 Å². The van der Waals surface area contributed by atoms with Crippen LogP contribution < -0.4 is 27.4 Å². The molecule has 14 heteroatoms. The van der Waals surface area contributed by atoms with Crippen LogP contribution in [0.2, 0.25) is 0 Å². The molecule has 0 fully saturated rings. The van der Waals surface area contributed by atoms with E-state index in [2.05, 4.69) is 20.9 Å². The molecule has 0 saturated heterocycles. The fraction of sp³-hybridized carbons (Fsp3) is 0.480. The minimum absolute atomic E-state index is 0.0627. The number of benzene rings is 1. The highest BCUT2D eigenvalue weighted by Gasteiger charge is 2.31. The molecule has 12 nitrogen and oxygen atoms in total. The predicted octanol–water partition coefficient (Wildman–Crippen LogP) is -0.0417. The topological polar surface area (TPSA) is 209 Å². The zero-order valence-corrected chi connectivity index (χ0v) is 23.5. The number of carbonyl (C=O) groups excluding carboxylic acids is 4. The fourth-order valence-corrected chi connectivity index (χ4v) is 4.79. The number of rotatable bonds is 17. The summed E-state index contributed by atoms with van der Waals surface area (Å²) in [5.41, 5.74) is 12.9. The van der Waals surface area contributed by atoms with Gasteiger partial charge in [-0.1, -0.05) is 18.2 Å². The number of amides is 4. The highest BCUT2D eigenvalue weighted by atomic mass is 32.2. The Morgan fingerprint density at radius 3 is 2.13 bits per heavy atom. The van der Waals surface area contributed by atoms with Gasteiger partial charge in [-0.15, -0.1) is 0 Å². The van der Waals surface area contributed by atoms with Crippen LogP contribution in [-0.4, -0.2) is 87.9 Å². The molecule has 0 aliphatic heterocycles. The number of nitrogens with one attached hydrogen (secondary N) is 4. The molecule has 1 heterocycles.